The van der Waals surface area contributed by atoms with E-state index in [9.17, 15) is 0 Å². The molecule has 378 valence electrons. The summed E-state index contributed by atoms with van der Waals surface area (Å²) in [5.41, 5.74) is 5.63. The van der Waals surface area contributed by atoms with Crippen LogP contribution in [0.4, 0.5) is 0 Å². The van der Waals surface area contributed by atoms with Crippen LogP contribution in [0.5, 0.6) is 23.0 Å². The van der Waals surface area contributed by atoms with Crippen LogP contribution < -0.4 is 18.9 Å². The van der Waals surface area contributed by atoms with Crippen molar-refractivity contribution in [2.24, 2.45) is 47.3 Å². The van der Waals surface area contributed by atoms with Crippen LogP contribution in [-0.4, -0.2) is 64.3 Å². The Morgan fingerprint density at radius 3 is 0.819 bits per heavy atom. The van der Waals surface area contributed by atoms with Crippen molar-refractivity contribution in [2.75, 3.05) is 0 Å². The summed E-state index contributed by atoms with van der Waals surface area (Å²) in [6.45, 7) is 35.2. The third kappa shape index (κ3) is 9.98. The number of rotatable bonds is 16. The molecule has 72 heavy (non-hydrogen) atoms. The number of hydrogen-bond acceptors (Lipinski definition) is 10. The van der Waals surface area contributed by atoms with Gasteiger partial charge in [0.1, 0.15) is 70.0 Å². The van der Waals surface area contributed by atoms with Gasteiger partial charge in [-0.1, -0.05) is 111 Å². The van der Waals surface area contributed by atoms with Gasteiger partial charge in [-0.25, -0.2) is 29.9 Å². The van der Waals surface area contributed by atoms with E-state index in [1.165, 1.54) is 0 Å². The van der Waals surface area contributed by atoms with Gasteiger partial charge < -0.3 is 28.9 Å². The van der Waals surface area contributed by atoms with Crippen LogP contribution in [0.3, 0.4) is 0 Å². The van der Waals surface area contributed by atoms with Gasteiger partial charge in [-0.2, -0.15) is 0 Å². The highest BCUT2D eigenvalue weighted by Gasteiger charge is 2.28. The number of benzene rings is 4. The average Bonchev–Trinajstić information content (AvgIpc) is 4.04. The highest BCUT2D eigenvalue weighted by atomic mass is 16.5. The van der Waals surface area contributed by atoms with Crippen LogP contribution in [0.15, 0.2) is 72.8 Å². The molecule has 9 rings (SSSR count). The molecule has 0 saturated heterocycles. The Kier molecular flexibility index (Phi) is 14.1. The Labute approximate surface area is 425 Å². The fraction of sp³-hybridized carbons (Fsp3) is 0.467. The van der Waals surface area contributed by atoms with Crippen molar-refractivity contribution in [2.45, 2.75) is 135 Å². The summed E-state index contributed by atoms with van der Waals surface area (Å²) in [4.78, 5) is 39.2. The molecule has 5 heterocycles. The molecule has 2 N–H and O–H groups in total. The second kappa shape index (κ2) is 20.2. The Hall–Kier alpha value is -6.56. The van der Waals surface area contributed by atoms with Crippen molar-refractivity contribution < 1.29 is 18.9 Å². The van der Waals surface area contributed by atoms with Crippen molar-refractivity contribution in [1.29, 1.82) is 0 Å². The number of ether oxygens (including phenoxy) is 4. The number of hydrogen-bond donors (Lipinski definition) is 2. The molecule has 8 bridgehead atoms. The lowest BCUT2D eigenvalue weighted by molar-refractivity contribution is 0.105. The van der Waals surface area contributed by atoms with Gasteiger partial charge in [0.2, 0.25) is 0 Å². The lowest BCUT2D eigenvalue weighted by Gasteiger charge is -2.26. The lowest BCUT2D eigenvalue weighted by Crippen LogP contribution is -2.28. The largest absolute Gasteiger partial charge is 0.490 e. The molecule has 7 aromatic rings. The van der Waals surface area contributed by atoms with Gasteiger partial charge in [-0.05, 0) is 120 Å². The molecule has 4 aromatic carbocycles. The SMILES string of the molecule is CC(C)C(Oc1ccc2c(c1)-c1nc-2nc2[nH]c(nc3nc(nc4[nH]c(n1)c1ccc(OC(C(C)C)C(C)C)cc41)-c1ccc(OC(C(C)C)C(C)C)cc1-3)c1ccc(OC(C(C)C)C(C)C)cc21)C(C)C. The van der Waals surface area contributed by atoms with Gasteiger partial charge >= 0.3 is 0 Å². The van der Waals surface area contributed by atoms with Gasteiger partial charge in [0.15, 0.2) is 23.3 Å². The minimum atomic E-state index is 0.00975. The molecule has 12 nitrogen and oxygen atoms in total. The molecule has 0 saturated carbocycles. The van der Waals surface area contributed by atoms with E-state index >= 15 is 0 Å². The third-order valence-corrected chi connectivity index (χ3v) is 14.1. The summed E-state index contributed by atoms with van der Waals surface area (Å²) < 4.78 is 26.9. The first-order chi connectivity index (χ1) is 34.2. The average molecular weight is 971 g/mol. The van der Waals surface area contributed by atoms with E-state index in [1.54, 1.807) is 0 Å². The van der Waals surface area contributed by atoms with E-state index in [2.05, 4.69) is 145 Å². The van der Waals surface area contributed by atoms with Gasteiger partial charge in [-0.3, -0.25) is 0 Å². The second-order valence-electron chi connectivity index (χ2n) is 22.7. The van der Waals surface area contributed by atoms with E-state index in [0.717, 1.165) is 66.8 Å². The number of nitrogens with zero attached hydrogens (tertiary/aromatic N) is 6. The molecular formula is C60H74N8O4. The van der Waals surface area contributed by atoms with Crippen LogP contribution in [0.2, 0.25) is 0 Å². The Balaban J connectivity index is 1.36. The van der Waals surface area contributed by atoms with E-state index in [-0.39, 0.29) is 24.4 Å². The third-order valence-electron chi connectivity index (χ3n) is 14.1. The smallest absolute Gasteiger partial charge is 0.164 e. The predicted molar refractivity (Wildman–Crippen MR) is 292 cm³/mol. The van der Waals surface area contributed by atoms with E-state index < -0.39 is 0 Å². The molecule has 0 fully saturated rings. The van der Waals surface area contributed by atoms with E-state index in [4.69, 9.17) is 48.9 Å². The number of H-pyrrole nitrogens is 2. The first kappa shape index (κ1) is 50.4. The molecule has 0 atom stereocenters. The van der Waals surface area contributed by atoms with Crippen LogP contribution in [-0.2, 0) is 0 Å². The zero-order chi connectivity index (χ0) is 51.4. The molecule has 2 aliphatic heterocycles. The number of aromatic amines is 2. The van der Waals surface area contributed by atoms with Crippen molar-refractivity contribution in [3.8, 4) is 68.5 Å². The lowest BCUT2D eigenvalue weighted by atomic mass is 9.96. The van der Waals surface area contributed by atoms with Crippen LogP contribution in [0, 0.1) is 47.3 Å². The number of nitrogens with one attached hydrogen (secondary N) is 2. The molecule has 0 spiro atoms. The highest BCUT2D eigenvalue weighted by molar-refractivity contribution is 6.07. The fourth-order valence-corrected chi connectivity index (χ4v) is 10.8. The minimum Gasteiger partial charge on any atom is -0.490 e. The molecule has 12 heteroatoms. The first-order valence-electron chi connectivity index (χ1n) is 26.3. The molecule has 0 aliphatic carbocycles. The van der Waals surface area contributed by atoms with Crippen LogP contribution >= 0.6 is 0 Å². The molecule has 3 aromatic heterocycles. The van der Waals surface area contributed by atoms with Crippen molar-refractivity contribution in [3.05, 3.63) is 72.8 Å². The topological polar surface area (TPSA) is 146 Å². The maximum absolute atomic E-state index is 6.74. The summed E-state index contributed by atoms with van der Waals surface area (Å²) in [6.07, 6.45) is 0.0430. The maximum atomic E-state index is 6.74. The van der Waals surface area contributed by atoms with Crippen molar-refractivity contribution in [1.82, 2.24) is 39.9 Å². The molecule has 2 aliphatic rings. The maximum Gasteiger partial charge on any atom is 0.164 e. The number of fused-ring (bicyclic) bond motifs is 20. The van der Waals surface area contributed by atoms with Crippen molar-refractivity contribution >= 4 is 44.1 Å². The van der Waals surface area contributed by atoms with Crippen molar-refractivity contribution in [3.63, 3.8) is 0 Å². The summed E-state index contributed by atoms with van der Waals surface area (Å²) >= 11 is 0. The van der Waals surface area contributed by atoms with Gasteiger partial charge in [0, 0.05) is 43.8 Å². The summed E-state index contributed by atoms with van der Waals surface area (Å²) in [5.74, 6) is 7.46. The van der Waals surface area contributed by atoms with Crippen LogP contribution in [0.1, 0.15) is 111 Å². The molecule has 0 unspecified atom stereocenters. The monoisotopic (exact) mass is 971 g/mol. The minimum absolute atomic E-state index is 0.00975. The Morgan fingerprint density at radius 1 is 0.278 bits per heavy atom. The fourth-order valence-electron chi connectivity index (χ4n) is 10.8. The number of aromatic nitrogens is 8. The molecule has 0 amide bonds. The zero-order valence-electron chi connectivity index (χ0n) is 45.2. The summed E-state index contributed by atoms with van der Waals surface area (Å²) in [7, 11) is 0. The molecular weight excluding hydrogens is 897 g/mol. The normalized spacial score (nSPS) is 12.8. The predicted octanol–water partition coefficient (Wildman–Crippen LogP) is 15.1. The Bertz CT molecular complexity index is 3040. The quantitative estimate of drug-likeness (QED) is 0.0959. The summed E-state index contributed by atoms with van der Waals surface area (Å²) in [5, 5.41) is 3.39. The van der Waals surface area contributed by atoms with Gasteiger partial charge in [0.25, 0.3) is 0 Å². The second-order valence-corrected chi connectivity index (χ2v) is 22.7. The van der Waals surface area contributed by atoms with Crippen LogP contribution in [0.25, 0.3) is 89.7 Å². The first-order valence-corrected chi connectivity index (χ1v) is 26.3. The Morgan fingerprint density at radius 2 is 0.528 bits per heavy atom. The van der Waals surface area contributed by atoms with E-state index in [0.29, 0.717) is 93.2 Å². The van der Waals surface area contributed by atoms with Gasteiger partial charge in [-0.15, -0.1) is 0 Å². The molecule has 0 radical (unpaired) electrons. The standard InChI is InChI=1S/C60H74N8O4/c1-29(2)49(30(3)4)69-37-17-21-41-45(25-37)57-61-53(41)66-58-47-27-39(71-51(33(9)10)34(11)12)19-23-43(47)55(63-58)68-60-48-28-40(72-52(35(13)14)36(15)16)20-24-44(48)56(64-60)67-59-46-26-38(70-50(31(5)6)32(7)8)18-22-42(46)54(62-59)65-57/h17-36,49-52H,1-16H3,(H2,61,62,63,64,65,66,67,68). The zero-order valence-corrected chi connectivity index (χ0v) is 45.2. The van der Waals surface area contributed by atoms with E-state index in [1.807, 2.05) is 48.5 Å². The summed E-state index contributed by atoms with van der Waals surface area (Å²) in [6, 6.07) is 24.5. The highest BCUT2D eigenvalue weighted by Crippen LogP contribution is 2.41. The van der Waals surface area contributed by atoms with Gasteiger partial charge in [0.05, 0.1) is 0 Å².